The first kappa shape index (κ1) is 14.8. The minimum Gasteiger partial charge on any atom is -0.377 e. The fourth-order valence-corrected chi connectivity index (χ4v) is 4.84. The van der Waals surface area contributed by atoms with Crippen LogP contribution in [0.15, 0.2) is 0 Å². The van der Waals surface area contributed by atoms with Crippen LogP contribution in [0.4, 0.5) is 0 Å². The Morgan fingerprint density at radius 3 is 2.45 bits per heavy atom. The minimum absolute atomic E-state index is 0.0748. The molecule has 0 aromatic heterocycles. The van der Waals surface area contributed by atoms with Crippen molar-refractivity contribution in [2.75, 3.05) is 32.0 Å². The van der Waals surface area contributed by atoms with Gasteiger partial charge in [0, 0.05) is 25.7 Å². The molecule has 0 aromatic rings. The maximum Gasteiger partial charge on any atom is 0.216 e. The molecule has 116 valence electrons. The average Bonchev–Trinajstić information content (AvgIpc) is 3.14. The third-order valence-corrected chi connectivity index (χ3v) is 6.60. The van der Waals surface area contributed by atoms with Gasteiger partial charge in [0.25, 0.3) is 0 Å². The summed E-state index contributed by atoms with van der Waals surface area (Å²) in [5, 5.41) is 3.55. The van der Waals surface area contributed by atoms with E-state index >= 15 is 0 Å². The molecule has 20 heavy (non-hydrogen) atoms. The van der Waals surface area contributed by atoms with Crippen molar-refractivity contribution in [1.82, 2.24) is 9.62 Å². The molecule has 1 aliphatic carbocycles. The first-order chi connectivity index (χ1) is 9.63. The molecule has 0 bridgehead atoms. The molecule has 0 amide bonds. The lowest BCUT2D eigenvalue weighted by Crippen LogP contribution is -2.43. The number of hydrogen-bond donors (Lipinski definition) is 1. The third-order valence-electron chi connectivity index (χ3n) is 4.66. The Hall–Kier alpha value is -0.170. The molecule has 2 aliphatic heterocycles. The van der Waals surface area contributed by atoms with E-state index in [0.717, 1.165) is 44.9 Å². The predicted molar refractivity (Wildman–Crippen MR) is 78.1 cm³/mol. The molecule has 6 heteroatoms. The average molecular weight is 302 g/mol. The summed E-state index contributed by atoms with van der Waals surface area (Å²) in [5.41, 5.74) is 0. The summed E-state index contributed by atoms with van der Waals surface area (Å²) < 4.78 is 31.8. The number of rotatable bonds is 6. The van der Waals surface area contributed by atoms with Crippen molar-refractivity contribution in [3.8, 4) is 0 Å². The number of sulfonamides is 1. The molecule has 3 aliphatic rings. The van der Waals surface area contributed by atoms with E-state index < -0.39 is 10.0 Å². The first-order valence-corrected chi connectivity index (χ1v) is 9.57. The largest absolute Gasteiger partial charge is 0.377 e. The van der Waals surface area contributed by atoms with Crippen LogP contribution >= 0.6 is 0 Å². The van der Waals surface area contributed by atoms with Gasteiger partial charge in [0.1, 0.15) is 0 Å². The fraction of sp³-hybridized carbons (Fsp3) is 1.00. The van der Waals surface area contributed by atoms with Crippen LogP contribution in [0.2, 0.25) is 0 Å². The Morgan fingerprint density at radius 2 is 1.85 bits per heavy atom. The summed E-state index contributed by atoms with van der Waals surface area (Å²) in [7, 11) is -3.12. The molecule has 1 N–H and O–H groups in total. The van der Waals surface area contributed by atoms with E-state index in [1.807, 2.05) is 0 Å². The van der Waals surface area contributed by atoms with Crippen LogP contribution in [0.3, 0.4) is 0 Å². The molecule has 2 saturated heterocycles. The molecule has 1 saturated carbocycles. The lowest BCUT2D eigenvalue weighted by Gasteiger charge is -2.32. The monoisotopic (exact) mass is 302 g/mol. The van der Waals surface area contributed by atoms with Gasteiger partial charge >= 0.3 is 0 Å². The van der Waals surface area contributed by atoms with Gasteiger partial charge in [-0.05, 0) is 51.0 Å². The Morgan fingerprint density at radius 1 is 1.10 bits per heavy atom. The van der Waals surface area contributed by atoms with Gasteiger partial charge in [-0.3, -0.25) is 0 Å². The van der Waals surface area contributed by atoms with Crippen LogP contribution in [0.1, 0.15) is 38.5 Å². The molecular formula is C14H26N2O3S. The zero-order valence-corrected chi connectivity index (χ0v) is 12.9. The number of nitrogens with one attached hydrogen (secondary N) is 1. The molecule has 0 spiro atoms. The number of piperidine rings is 1. The fourth-order valence-electron chi connectivity index (χ4n) is 3.13. The van der Waals surface area contributed by atoms with Crippen LogP contribution < -0.4 is 5.32 Å². The van der Waals surface area contributed by atoms with Crippen molar-refractivity contribution in [3.05, 3.63) is 0 Å². The van der Waals surface area contributed by atoms with Crippen molar-refractivity contribution in [2.24, 2.45) is 5.92 Å². The van der Waals surface area contributed by atoms with E-state index in [1.54, 1.807) is 4.31 Å². The number of nitrogens with zero attached hydrogens (tertiary/aromatic N) is 1. The Labute approximate surface area is 122 Å². The molecule has 1 unspecified atom stereocenters. The second-order valence-electron chi connectivity index (χ2n) is 6.44. The number of ether oxygens (including phenoxy) is 1. The second-order valence-corrected chi connectivity index (χ2v) is 8.45. The summed E-state index contributed by atoms with van der Waals surface area (Å²) in [4.78, 5) is 0. The second kappa shape index (κ2) is 6.30. The zero-order valence-electron chi connectivity index (χ0n) is 12.1. The van der Waals surface area contributed by atoms with Crippen molar-refractivity contribution >= 4 is 10.0 Å². The highest BCUT2D eigenvalue weighted by Crippen LogP contribution is 2.24. The highest BCUT2D eigenvalue weighted by molar-refractivity contribution is 7.89. The molecule has 0 aromatic carbocycles. The van der Waals surface area contributed by atoms with E-state index in [4.69, 9.17) is 4.74 Å². The van der Waals surface area contributed by atoms with Gasteiger partial charge in [0.15, 0.2) is 0 Å². The third kappa shape index (κ3) is 3.93. The molecule has 2 heterocycles. The molecule has 3 rings (SSSR count). The van der Waals surface area contributed by atoms with Gasteiger partial charge in [0.2, 0.25) is 10.0 Å². The van der Waals surface area contributed by atoms with Gasteiger partial charge in [-0.25, -0.2) is 12.7 Å². The van der Waals surface area contributed by atoms with E-state index in [0.29, 0.717) is 19.0 Å². The summed E-state index contributed by atoms with van der Waals surface area (Å²) in [6, 6.07) is 0.747. The molecule has 3 fully saturated rings. The molecule has 0 radical (unpaired) electrons. The Balaban J connectivity index is 1.43. The lowest BCUT2D eigenvalue weighted by atomic mass is 9.98. The van der Waals surface area contributed by atoms with E-state index in [2.05, 4.69) is 5.32 Å². The zero-order chi connectivity index (χ0) is 14.0. The van der Waals surface area contributed by atoms with Crippen LogP contribution in [0, 0.1) is 5.92 Å². The van der Waals surface area contributed by atoms with Gasteiger partial charge in [-0.1, -0.05) is 0 Å². The smallest absolute Gasteiger partial charge is 0.216 e. The molecule has 5 nitrogen and oxygen atoms in total. The van der Waals surface area contributed by atoms with Crippen molar-refractivity contribution in [1.29, 1.82) is 0 Å². The van der Waals surface area contributed by atoms with Gasteiger partial charge in [0.05, 0.1) is 11.9 Å². The SMILES string of the molecule is O=S(=O)(CC1CCCO1)N1CCC(CNC2CC2)CC1. The maximum absolute atomic E-state index is 12.4. The predicted octanol–water partition coefficient (Wildman–Crippen LogP) is 0.959. The number of hydrogen-bond acceptors (Lipinski definition) is 4. The first-order valence-electron chi connectivity index (χ1n) is 7.96. The Kier molecular flexibility index (Phi) is 4.65. The maximum atomic E-state index is 12.4. The van der Waals surface area contributed by atoms with Crippen LogP contribution in [-0.4, -0.2) is 56.9 Å². The normalized spacial score (nSPS) is 29.9. The van der Waals surface area contributed by atoms with E-state index in [1.165, 1.54) is 12.8 Å². The molecular weight excluding hydrogens is 276 g/mol. The van der Waals surface area contributed by atoms with Crippen molar-refractivity contribution in [3.63, 3.8) is 0 Å². The highest BCUT2D eigenvalue weighted by atomic mass is 32.2. The van der Waals surface area contributed by atoms with Crippen molar-refractivity contribution in [2.45, 2.75) is 50.7 Å². The highest BCUT2D eigenvalue weighted by Gasteiger charge is 2.32. The minimum atomic E-state index is -3.12. The summed E-state index contributed by atoms with van der Waals surface area (Å²) in [6.07, 6.45) is 6.42. The summed E-state index contributed by atoms with van der Waals surface area (Å²) in [5.74, 6) is 0.822. The van der Waals surface area contributed by atoms with Crippen LogP contribution in [0.5, 0.6) is 0 Å². The standard InChI is InChI=1S/C14H26N2O3S/c17-20(18,11-14-2-1-9-19-14)16-7-5-12(6-8-16)10-15-13-3-4-13/h12-15H,1-11H2. The van der Waals surface area contributed by atoms with Gasteiger partial charge in [-0.2, -0.15) is 0 Å². The van der Waals surface area contributed by atoms with Gasteiger partial charge < -0.3 is 10.1 Å². The van der Waals surface area contributed by atoms with E-state index in [-0.39, 0.29) is 11.9 Å². The quantitative estimate of drug-likeness (QED) is 0.794. The molecule has 1 atom stereocenters. The topological polar surface area (TPSA) is 58.6 Å². The van der Waals surface area contributed by atoms with Gasteiger partial charge in [-0.15, -0.1) is 0 Å². The van der Waals surface area contributed by atoms with Crippen LogP contribution in [0.25, 0.3) is 0 Å². The summed E-state index contributed by atoms with van der Waals surface area (Å²) in [6.45, 7) is 3.15. The van der Waals surface area contributed by atoms with Crippen molar-refractivity contribution < 1.29 is 13.2 Å². The van der Waals surface area contributed by atoms with Crippen LogP contribution in [-0.2, 0) is 14.8 Å². The lowest BCUT2D eigenvalue weighted by molar-refractivity contribution is 0.126. The Bertz CT molecular complexity index is 408. The van der Waals surface area contributed by atoms with E-state index in [9.17, 15) is 8.42 Å². The summed E-state index contributed by atoms with van der Waals surface area (Å²) >= 11 is 0.